The predicted octanol–water partition coefficient (Wildman–Crippen LogP) is -1.39. The molecule has 1 heterocycles. The zero-order valence-electron chi connectivity index (χ0n) is 13.8. The Morgan fingerprint density at radius 3 is 2.00 bits per heavy atom. The molecule has 0 saturated heterocycles. The SMILES string of the molecule is CC(O)CONc1nc(N)nc(N(OCC(C)O)OCC(C)O)n1. The molecule has 12 nitrogen and oxygen atoms in total. The number of aromatic nitrogens is 3. The molecule has 0 aliphatic carbocycles. The molecule has 0 spiro atoms. The Morgan fingerprint density at radius 1 is 0.958 bits per heavy atom. The van der Waals surface area contributed by atoms with Crippen LogP contribution in [0.15, 0.2) is 0 Å². The van der Waals surface area contributed by atoms with Gasteiger partial charge in [-0.1, -0.05) is 5.23 Å². The Balaban J connectivity index is 2.83. The summed E-state index contributed by atoms with van der Waals surface area (Å²) in [7, 11) is 0. The first-order valence-electron chi connectivity index (χ1n) is 7.27. The van der Waals surface area contributed by atoms with Crippen LogP contribution < -0.4 is 16.4 Å². The zero-order chi connectivity index (χ0) is 18.1. The minimum atomic E-state index is -0.770. The zero-order valence-corrected chi connectivity index (χ0v) is 13.8. The Labute approximate surface area is 139 Å². The molecule has 1 rings (SSSR count). The molecule has 3 unspecified atom stereocenters. The lowest BCUT2D eigenvalue weighted by molar-refractivity contribution is -0.125. The Bertz CT molecular complexity index is 477. The summed E-state index contributed by atoms with van der Waals surface area (Å²) in [5.41, 5.74) is 8.00. The van der Waals surface area contributed by atoms with Gasteiger partial charge in [-0.3, -0.25) is 4.84 Å². The lowest BCUT2D eigenvalue weighted by Gasteiger charge is -2.22. The summed E-state index contributed by atoms with van der Waals surface area (Å²) in [6.07, 6.45) is -2.22. The van der Waals surface area contributed by atoms with E-state index in [1.165, 1.54) is 13.8 Å². The van der Waals surface area contributed by atoms with Gasteiger partial charge in [0.25, 0.3) is 11.9 Å². The van der Waals surface area contributed by atoms with Gasteiger partial charge in [0.05, 0.1) is 18.3 Å². The number of hydrogen-bond donors (Lipinski definition) is 5. The standard InChI is InChI=1S/C12H24N6O6/c1-7(19)4-22-17-11-14-10(13)15-12(16-11)18(23-5-8(2)20)24-6-9(3)21/h7-9,19-21H,4-6H2,1-3H3,(H3,13,14,15,16,17). The van der Waals surface area contributed by atoms with E-state index in [1.54, 1.807) is 6.92 Å². The summed E-state index contributed by atoms with van der Waals surface area (Å²) in [4.78, 5) is 27.1. The van der Waals surface area contributed by atoms with Gasteiger partial charge in [-0.15, -0.1) is 0 Å². The van der Waals surface area contributed by atoms with Crippen LogP contribution in [0.3, 0.4) is 0 Å². The molecule has 1 aromatic heterocycles. The minimum Gasteiger partial charge on any atom is -0.391 e. The molecule has 12 heteroatoms. The number of nitrogen functional groups attached to an aromatic ring is 1. The number of nitrogens with one attached hydrogen (secondary N) is 1. The quantitative estimate of drug-likeness (QED) is 0.297. The van der Waals surface area contributed by atoms with Crippen molar-refractivity contribution in [1.82, 2.24) is 15.0 Å². The monoisotopic (exact) mass is 348 g/mol. The first kappa shape index (κ1) is 20.2. The maximum absolute atomic E-state index is 9.31. The molecule has 0 radical (unpaired) electrons. The van der Waals surface area contributed by atoms with E-state index in [1.807, 2.05) is 0 Å². The highest BCUT2D eigenvalue weighted by atomic mass is 17.0. The Morgan fingerprint density at radius 2 is 1.50 bits per heavy atom. The van der Waals surface area contributed by atoms with E-state index in [-0.39, 0.29) is 37.7 Å². The van der Waals surface area contributed by atoms with E-state index in [4.69, 9.17) is 25.4 Å². The highest BCUT2D eigenvalue weighted by Crippen LogP contribution is 2.14. The fourth-order valence-electron chi connectivity index (χ4n) is 1.24. The predicted molar refractivity (Wildman–Crippen MR) is 83.2 cm³/mol. The number of rotatable bonds is 11. The normalized spacial score (nSPS) is 14.9. The fourth-order valence-corrected chi connectivity index (χ4v) is 1.24. The number of nitrogens with zero attached hydrogens (tertiary/aromatic N) is 4. The van der Waals surface area contributed by atoms with Gasteiger partial charge in [0.1, 0.15) is 19.8 Å². The summed E-state index contributed by atoms with van der Waals surface area (Å²) in [5, 5.41) is 28.6. The number of aliphatic hydroxyl groups is 3. The van der Waals surface area contributed by atoms with Crippen molar-refractivity contribution >= 4 is 17.8 Å². The van der Waals surface area contributed by atoms with Gasteiger partial charge < -0.3 is 21.1 Å². The van der Waals surface area contributed by atoms with Gasteiger partial charge in [0.2, 0.25) is 5.95 Å². The van der Waals surface area contributed by atoms with Gasteiger partial charge in [0.15, 0.2) is 0 Å². The average Bonchev–Trinajstić information content (AvgIpc) is 2.45. The molecular formula is C12H24N6O6. The van der Waals surface area contributed by atoms with E-state index in [9.17, 15) is 10.2 Å². The highest BCUT2D eigenvalue weighted by Gasteiger charge is 2.17. The van der Waals surface area contributed by atoms with Crippen molar-refractivity contribution in [3.8, 4) is 0 Å². The summed E-state index contributed by atoms with van der Waals surface area (Å²) < 4.78 is 0. The van der Waals surface area contributed by atoms with Crippen LogP contribution in [-0.4, -0.2) is 68.4 Å². The van der Waals surface area contributed by atoms with Crippen LogP contribution in [-0.2, 0) is 14.5 Å². The molecule has 24 heavy (non-hydrogen) atoms. The number of aliphatic hydroxyl groups excluding tert-OH is 3. The van der Waals surface area contributed by atoms with Gasteiger partial charge in [-0.2, -0.15) is 15.0 Å². The smallest absolute Gasteiger partial charge is 0.284 e. The van der Waals surface area contributed by atoms with Crippen molar-refractivity contribution in [1.29, 1.82) is 0 Å². The second kappa shape index (κ2) is 10.1. The van der Waals surface area contributed by atoms with Crippen LogP contribution in [0.1, 0.15) is 20.8 Å². The van der Waals surface area contributed by atoms with Crippen LogP contribution in [0.5, 0.6) is 0 Å². The van der Waals surface area contributed by atoms with Crippen molar-refractivity contribution in [2.75, 3.05) is 36.3 Å². The maximum atomic E-state index is 9.31. The fraction of sp³-hybridized carbons (Fsp3) is 0.750. The Kier molecular flexibility index (Phi) is 8.53. The highest BCUT2D eigenvalue weighted by molar-refractivity contribution is 5.37. The number of anilines is 3. The van der Waals surface area contributed by atoms with Gasteiger partial charge in [-0.25, -0.2) is 15.2 Å². The van der Waals surface area contributed by atoms with Crippen molar-refractivity contribution in [2.45, 2.75) is 39.1 Å². The van der Waals surface area contributed by atoms with Crippen molar-refractivity contribution in [2.24, 2.45) is 0 Å². The van der Waals surface area contributed by atoms with Crippen molar-refractivity contribution in [3.63, 3.8) is 0 Å². The van der Waals surface area contributed by atoms with Crippen molar-refractivity contribution < 1.29 is 29.8 Å². The lowest BCUT2D eigenvalue weighted by Crippen LogP contribution is -2.32. The van der Waals surface area contributed by atoms with Crippen LogP contribution in [0.25, 0.3) is 0 Å². The minimum absolute atomic E-state index is 0.00168. The van der Waals surface area contributed by atoms with Crippen LogP contribution in [0.4, 0.5) is 17.8 Å². The molecule has 0 aromatic carbocycles. The summed E-state index contributed by atoms with van der Waals surface area (Å²) in [6, 6.07) is 0. The van der Waals surface area contributed by atoms with Crippen molar-refractivity contribution in [3.05, 3.63) is 0 Å². The lowest BCUT2D eigenvalue weighted by atomic mass is 10.5. The molecule has 0 saturated carbocycles. The van der Waals surface area contributed by atoms with E-state index >= 15 is 0 Å². The summed E-state index contributed by atoms with van der Waals surface area (Å²) >= 11 is 0. The molecule has 0 amide bonds. The topological polar surface area (TPSA) is 168 Å². The Hall–Kier alpha value is -1.83. The van der Waals surface area contributed by atoms with Crippen LogP contribution in [0.2, 0.25) is 0 Å². The summed E-state index contributed by atoms with van der Waals surface area (Å²) in [5.74, 6) is -0.300. The molecule has 3 atom stereocenters. The molecule has 6 N–H and O–H groups in total. The van der Waals surface area contributed by atoms with E-state index in [0.717, 1.165) is 5.23 Å². The largest absolute Gasteiger partial charge is 0.391 e. The first-order chi connectivity index (χ1) is 11.3. The molecule has 138 valence electrons. The molecule has 0 fully saturated rings. The molecule has 1 aromatic rings. The average molecular weight is 348 g/mol. The maximum Gasteiger partial charge on any atom is 0.284 e. The molecule has 0 bridgehead atoms. The third kappa shape index (κ3) is 8.14. The van der Waals surface area contributed by atoms with Gasteiger partial charge in [-0.05, 0) is 20.8 Å². The molecule has 0 aliphatic rings. The second-order valence-electron chi connectivity index (χ2n) is 5.13. The van der Waals surface area contributed by atoms with E-state index in [0.29, 0.717) is 0 Å². The number of nitrogens with two attached hydrogens (primary N) is 1. The second-order valence-corrected chi connectivity index (χ2v) is 5.13. The third-order valence-electron chi connectivity index (χ3n) is 2.16. The van der Waals surface area contributed by atoms with E-state index in [2.05, 4.69) is 20.4 Å². The van der Waals surface area contributed by atoms with Crippen LogP contribution in [0, 0.1) is 0 Å². The third-order valence-corrected chi connectivity index (χ3v) is 2.16. The number of hydrogen-bond acceptors (Lipinski definition) is 12. The van der Waals surface area contributed by atoms with E-state index < -0.39 is 18.3 Å². The van der Waals surface area contributed by atoms with Gasteiger partial charge in [0, 0.05) is 0 Å². The van der Waals surface area contributed by atoms with Crippen LogP contribution >= 0.6 is 0 Å². The first-order valence-corrected chi connectivity index (χ1v) is 7.27. The van der Waals surface area contributed by atoms with Gasteiger partial charge >= 0.3 is 0 Å². The summed E-state index contributed by atoms with van der Waals surface area (Å²) in [6.45, 7) is 4.38. The molecule has 0 aliphatic heterocycles. The molecular weight excluding hydrogens is 324 g/mol.